The molecule has 0 amide bonds. The van der Waals surface area contributed by atoms with E-state index in [0.29, 0.717) is 23.9 Å². The van der Waals surface area contributed by atoms with Gasteiger partial charge in [0.05, 0.1) is 17.9 Å². The lowest BCUT2D eigenvalue weighted by atomic mass is 10.1. The Balaban J connectivity index is 1.70. The first-order chi connectivity index (χ1) is 18.0. The van der Waals surface area contributed by atoms with Gasteiger partial charge in [0.15, 0.2) is 11.9 Å². The predicted octanol–water partition coefficient (Wildman–Crippen LogP) is 5.41. The molecule has 4 rings (SSSR count). The summed E-state index contributed by atoms with van der Waals surface area (Å²) in [6, 6.07) is 13.5. The molecule has 2 unspecified atom stereocenters. The van der Waals surface area contributed by atoms with E-state index in [9.17, 15) is 22.8 Å². The van der Waals surface area contributed by atoms with E-state index in [4.69, 9.17) is 9.47 Å². The van der Waals surface area contributed by atoms with E-state index in [1.165, 1.54) is 23.6 Å². The summed E-state index contributed by atoms with van der Waals surface area (Å²) in [7, 11) is 0.838. The van der Waals surface area contributed by atoms with Gasteiger partial charge in [0, 0.05) is 30.2 Å². The highest BCUT2D eigenvalue weighted by atomic mass is 32.2. The second-order valence-electron chi connectivity index (χ2n) is 8.79. The molecule has 0 aliphatic carbocycles. The van der Waals surface area contributed by atoms with Crippen LogP contribution in [0.2, 0.25) is 0 Å². The molecular weight excluding hydrogens is 519 g/mol. The number of hydrogen-bond acceptors (Lipinski definition) is 5. The smallest absolute Gasteiger partial charge is 0.416 e. The molecule has 1 aliphatic rings. The number of nitrogens with zero attached hydrogens (tertiary/aromatic N) is 3. The van der Waals surface area contributed by atoms with Gasteiger partial charge in [0.1, 0.15) is 5.76 Å². The number of benzene rings is 2. The molecule has 202 valence electrons. The first kappa shape index (κ1) is 27.3. The third kappa shape index (κ3) is 5.72. The number of alkyl halides is 3. The number of aromatic nitrogens is 3. The molecule has 11 heteroatoms. The van der Waals surface area contributed by atoms with Crippen molar-refractivity contribution in [3.8, 4) is 5.69 Å². The molecule has 0 bridgehead atoms. The Kier molecular flexibility index (Phi) is 7.86. The molecule has 1 aromatic heterocycles. The van der Waals surface area contributed by atoms with Crippen molar-refractivity contribution in [1.29, 1.82) is 0 Å². The normalized spacial score (nSPS) is 17.3. The summed E-state index contributed by atoms with van der Waals surface area (Å²) in [5.41, 5.74) is -0.371. The second-order valence-corrected chi connectivity index (χ2v) is 11.5. The van der Waals surface area contributed by atoms with Crippen molar-refractivity contribution in [2.45, 2.75) is 33.1 Å². The zero-order valence-corrected chi connectivity index (χ0v) is 22.2. The van der Waals surface area contributed by atoms with Crippen molar-refractivity contribution in [3.05, 3.63) is 104 Å². The summed E-state index contributed by atoms with van der Waals surface area (Å²) in [4.78, 5) is 26.4. The van der Waals surface area contributed by atoms with Gasteiger partial charge in [-0.25, -0.2) is 15.7 Å². The van der Waals surface area contributed by atoms with Crippen LogP contribution in [0.25, 0.3) is 5.69 Å². The summed E-state index contributed by atoms with van der Waals surface area (Å²) in [6.07, 6.45) is -3.29. The van der Waals surface area contributed by atoms with Gasteiger partial charge >= 0.3 is 17.8 Å². The highest BCUT2D eigenvalue weighted by Crippen LogP contribution is 2.50. The predicted molar refractivity (Wildman–Crippen MR) is 140 cm³/mol. The van der Waals surface area contributed by atoms with Crippen molar-refractivity contribution in [2.24, 2.45) is 7.05 Å². The number of rotatable bonds is 8. The van der Waals surface area contributed by atoms with Crippen molar-refractivity contribution >= 4 is 16.9 Å². The molecule has 2 atom stereocenters. The number of allylic oxidation sites excluding steroid dienone is 3. The molecule has 0 radical (unpaired) electrons. The maximum absolute atomic E-state index is 13.1. The molecule has 0 fully saturated rings. The lowest BCUT2D eigenvalue weighted by Gasteiger charge is -2.21. The zero-order valence-electron chi connectivity index (χ0n) is 21.3. The van der Waals surface area contributed by atoms with Crippen LogP contribution in [0, 0.1) is 0 Å². The number of thiol groups is 1. The summed E-state index contributed by atoms with van der Waals surface area (Å²) < 4.78 is 53.1. The minimum atomic E-state index is -4.48. The van der Waals surface area contributed by atoms with Gasteiger partial charge in [0.25, 0.3) is 0 Å². The zero-order chi connectivity index (χ0) is 27.6. The summed E-state index contributed by atoms with van der Waals surface area (Å²) >= 11 is 0. The van der Waals surface area contributed by atoms with Crippen LogP contribution in [0.1, 0.15) is 43.8 Å². The molecule has 3 aromatic rings. The lowest BCUT2D eigenvalue weighted by molar-refractivity contribution is -0.140. The van der Waals surface area contributed by atoms with Gasteiger partial charge in [-0.2, -0.15) is 17.9 Å². The molecule has 38 heavy (non-hydrogen) atoms. The molecule has 1 aliphatic heterocycles. The second kappa shape index (κ2) is 10.9. The Hall–Kier alpha value is -3.73. The van der Waals surface area contributed by atoms with Crippen LogP contribution in [0.15, 0.2) is 81.0 Å². The first-order valence-electron chi connectivity index (χ1n) is 11.8. The molecule has 7 nitrogen and oxygen atoms in total. The van der Waals surface area contributed by atoms with E-state index in [1.807, 2.05) is 50.3 Å². The molecule has 0 saturated heterocycles. The largest absolute Gasteiger partial charge is 0.477 e. The van der Waals surface area contributed by atoms with Crippen LogP contribution in [0.4, 0.5) is 13.2 Å². The molecule has 0 spiro atoms. The number of esters is 1. The molecule has 0 saturated carbocycles. The summed E-state index contributed by atoms with van der Waals surface area (Å²) in [5, 5.41) is 4.49. The topological polar surface area (TPSA) is 75.3 Å². The summed E-state index contributed by atoms with van der Waals surface area (Å²) in [6.45, 7) is 5.67. The van der Waals surface area contributed by atoms with Crippen LogP contribution < -0.4 is 5.69 Å². The maximum atomic E-state index is 13.1. The SMILES string of the molecule is CC(=O)OCC[SH]1C(C)=CC(OC(c2ccccc2)c2nn(-c3ccc(C(F)(F)F)cc3)c(=O)n2C)=C1C. The van der Waals surface area contributed by atoms with Crippen molar-refractivity contribution in [3.63, 3.8) is 0 Å². The lowest BCUT2D eigenvalue weighted by Crippen LogP contribution is -2.23. The Bertz CT molecular complexity index is 1440. The monoisotopic (exact) mass is 547 g/mol. The fraction of sp³-hybridized carbons (Fsp3) is 0.296. The maximum Gasteiger partial charge on any atom is 0.416 e. The number of halogens is 3. The van der Waals surface area contributed by atoms with Crippen molar-refractivity contribution in [2.75, 3.05) is 12.4 Å². The fourth-order valence-corrected chi connectivity index (χ4v) is 6.33. The average molecular weight is 548 g/mol. The van der Waals surface area contributed by atoms with Gasteiger partial charge in [-0.05, 0) is 49.1 Å². The van der Waals surface area contributed by atoms with Gasteiger partial charge in [-0.1, -0.05) is 30.3 Å². The fourth-order valence-electron chi connectivity index (χ4n) is 4.18. The van der Waals surface area contributed by atoms with E-state index in [-0.39, 0.29) is 11.7 Å². The third-order valence-electron chi connectivity index (χ3n) is 6.18. The third-order valence-corrected chi connectivity index (χ3v) is 8.82. The van der Waals surface area contributed by atoms with Crippen LogP contribution in [0.3, 0.4) is 0 Å². The van der Waals surface area contributed by atoms with E-state index >= 15 is 0 Å². The summed E-state index contributed by atoms with van der Waals surface area (Å²) in [5.74, 6) is 1.30. The number of carbonyl (C=O) groups is 1. The minimum absolute atomic E-state index is 0.206. The number of hydrogen-bond donors (Lipinski definition) is 1. The Morgan fingerprint density at radius 2 is 1.74 bits per heavy atom. The van der Waals surface area contributed by atoms with Gasteiger partial charge < -0.3 is 9.47 Å². The van der Waals surface area contributed by atoms with Gasteiger partial charge in [0.2, 0.25) is 0 Å². The average Bonchev–Trinajstić information content (AvgIpc) is 3.32. The van der Waals surface area contributed by atoms with Gasteiger partial charge in [-0.3, -0.25) is 9.36 Å². The minimum Gasteiger partial charge on any atom is -0.477 e. The highest BCUT2D eigenvalue weighted by molar-refractivity contribution is 8.23. The van der Waals surface area contributed by atoms with Gasteiger partial charge in [-0.15, -0.1) is 5.10 Å². The van der Waals surface area contributed by atoms with Crippen molar-refractivity contribution < 1.29 is 27.4 Å². The Morgan fingerprint density at radius 1 is 1.08 bits per heavy atom. The van der Waals surface area contributed by atoms with Crippen molar-refractivity contribution in [1.82, 2.24) is 14.3 Å². The number of ether oxygens (including phenoxy) is 2. The van der Waals surface area contributed by atoms with E-state index in [0.717, 1.165) is 32.2 Å². The van der Waals surface area contributed by atoms with E-state index < -0.39 is 34.4 Å². The molecule has 2 heterocycles. The molecule has 0 N–H and O–H groups in total. The Labute approximate surface area is 220 Å². The molecular formula is C27H28F3N3O4S. The number of carbonyl (C=O) groups excluding carboxylic acids is 1. The van der Waals surface area contributed by atoms with E-state index in [1.54, 1.807) is 7.05 Å². The van der Waals surface area contributed by atoms with Crippen LogP contribution in [-0.2, 0) is 27.5 Å². The quantitative estimate of drug-likeness (QED) is 0.302. The van der Waals surface area contributed by atoms with Crippen LogP contribution >= 0.6 is 10.9 Å². The first-order valence-corrected chi connectivity index (χ1v) is 13.4. The molecule has 2 aromatic carbocycles. The highest BCUT2D eigenvalue weighted by Gasteiger charge is 2.31. The van der Waals surface area contributed by atoms with Crippen LogP contribution in [-0.4, -0.2) is 32.7 Å². The standard InChI is InChI=1S/C27H28F3N3O4S/c1-17-16-23(18(2)38(17)15-14-36-19(3)34)37-24(20-8-6-5-7-9-20)25-31-33(26(35)32(25)4)22-12-10-21(11-13-22)27(28,29)30/h5-13,16,24,38H,14-15H2,1-4H3. The van der Waals surface area contributed by atoms with E-state index in [2.05, 4.69) is 5.10 Å². The Morgan fingerprint density at radius 3 is 2.34 bits per heavy atom. The van der Waals surface area contributed by atoms with Crippen LogP contribution in [0.5, 0.6) is 0 Å².